The summed E-state index contributed by atoms with van der Waals surface area (Å²) in [5.41, 5.74) is 1.72. The summed E-state index contributed by atoms with van der Waals surface area (Å²) in [4.78, 5) is 17.2. The Balaban J connectivity index is 1.55. The maximum atomic E-state index is 13.1. The van der Waals surface area contributed by atoms with Crippen molar-refractivity contribution in [1.29, 1.82) is 0 Å². The molecule has 0 aliphatic carbocycles. The first-order chi connectivity index (χ1) is 14.9. The Bertz CT molecular complexity index is 1340. The van der Waals surface area contributed by atoms with Crippen molar-refractivity contribution in [3.8, 4) is 0 Å². The van der Waals surface area contributed by atoms with Crippen LogP contribution in [-0.4, -0.2) is 25.9 Å². The van der Waals surface area contributed by atoms with Gasteiger partial charge in [0, 0.05) is 16.6 Å². The molecule has 0 bridgehead atoms. The van der Waals surface area contributed by atoms with Crippen molar-refractivity contribution in [2.75, 3.05) is 16.2 Å². The molecule has 1 aromatic heterocycles. The van der Waals surface area contributed by atoms with Crippen LogP contribution in [0.4, 0.5) is 10.8 Å². The number of aromatic nitrogens is 1. The van der Waals surface area contributed by atoms with Gasteiger partial charge in [-0.2, -0.15) is 0 Å². The van der Waals surface area contributed by atoms with Crippen LogP contribution >= 0.6 is 27.3 Å². The summed E-state index contributed by atoms with van der Waals surface area (Å²) in [6, 6.07) is 20.6. The second-order valence-electron chi connectivity index (χ2n) is 6.59. The number of sulfonamides is 1. The largest absolute Gasteiger partial charge is 0.298 e. The van der Waals surface area contributed by atoms with Gasteiger partial charge in [-0.25, -0.2) is 13.4 Å². The number of carbonyl (C=O) groups excluding carboxylic acids is 1. The third-order valence-electron chi connectivity index (χ3n) is 4.63. The predicted octanol–water partition coefficient (Wildman–Crippen LogP) is 5.53. The molecule has 1 heterocycles. The molecule has 0 unspecified atom stereocenters. The number of thiazole rings is 1. The first-order valence-corrected chi connectivity index (χ1v) is 12.5. The number of amides is 1. The van der Waals surface area contributed by atoms with Crippen LogP contribution in [0.15, 0.2) is 82.2 Å². The Kier molecular flexibility index (Phi) is 6.08. The van der Waals surface area contributed by atoms with E-state index in [4.69, 9.17) is 0 Å². The minimum atomic E-state index is -3.74. The van der Waals surface area contributed by atoms with Crippen LogP contribution in [0.5, 0.6) is 0 Å². The molecule has 158 valence electrons. The fourth-order valence-electron chi connectivity index (χ4n) is 3.13. The maximum absolute atomic E-state index is 13.1. The molecule has 0 radical (unpaired) electrons. The molecular weight excluding hydrogens is 498 g/mol. The first-order valence-electron chi connectivity index (χ1n) is 9.44. The summed E-state index contributed by atoms with van der Waals surface area (Å²) >= 11 is 4.82. The first kappa shape index (κ1) is 21.5. The molecular formula is C22H18BrN3O3S2. The zero-order valence-corrected chi connectivity index (χ0v) is 19.7. The fourth-order valence-corrected chi connectivity index (χ4v) is 6.08. The quantitative estimate of drug-likeness (QED) is 0.366. The Hall–Kier alpha value is -2.75. The van der Waals surface area contributed by atoms with Gasteiger partial charge in [-0.1, -0.05) is 35.6 Å². The molecule has 4 rings (SSSR count). The van der Waals surface area contributed by atoms with Gasteiger partial charge in [-0.05, 0) is 71.4 Å². The number of halogens is 1. The number of benzene rings is 3. The van der Waals surface area contributed by atoms with Crippen LogP contribution in [0.3, 0.4) is 0 Å². The second kappa shape index (κ2) is 8.78. The van der Waals surface area contributed by atoms with Gasteiger partial charge in [0.2, 0.25) is 0 Å². The Morgan fingerprint density at radius 2 is 1.74 bits per heavy atom. The molecule has 9 heteroatoms. The van der Waals surface area contributed by atoms with Crippen LogP contribution in [0.1, 0.15) is 17.3 Å². The maximum Gasteiger partial charge on any atom is 0.264 e. The SMILES string of the molecule is CCN(c1ccccc1)S(=O)(=O)c1ccc(C(=O)Nc2nc3c(Br)cccc3s2)cc1. The van der Waals surface area contributed by atoms with Gasteiger partial charge in [0.15, 0.2) is 5.13 Å². The van der Waals surface area contributed by atoms with Crippen molar-refractivity contribution in [2.24, 2.45) is 0 Å². The number of anilines is 2. The van der Waals surface area contributed by atoms with Crippen LogP contribution in [-0.2, 0) is 10.0 Å². The fraction of sp³-hybridized carbons (Fsp3) is 0.0909. The zero-order chi connectivity index (χ0) is 22.0. The molecule has 0 aliphatic rings. The lowest BCUT2D eigenvalue weighted by atomic mass is 10.2. The molecule has 3 aromatic carbocycles. The summed E-state index contributed by atoms with van der Waals surface area (Å²) in [6.07, 6.45) is 0. The number of fused-ring (bicyclic) bond motifs is 1. The summed E-state index contributed by atoms with van der Waals surface area (Å²) in [5, 5.41) is 3.26. The zero-order valence-electron chi connectivity index (χ0n) is 16.4. The third kappa shape index (κ3) is 4.34. The van der Waals surface area contributed by atoms with E-state index in [1.807, 2.05) is 24.3 Å². The number of hydrogen-bond donors (Lipinski definition) is 1. The summed E-state index contributed by atoms with van der Waals surface area (Å²) in [6.45, 7) is 2.07. The lowest BCUT2D eigenvalue weighted by Crippen LogP contribution is -2.30. The molecule has 4 aromatic rings. The Morgan fingerprint density at radius 3 is 2.39 bits per heavy atom. The minimum absolute atomic E-state index is 0.124. The van der Waals surface area contributed by atoms with Crippen LogP contribution in [0, 0.1) is 0 Å². The molecule has 0 spiro atoms. The van der Waals surface area contributed by atoms with E-state index in [2.05, 4.69) is 26.2 Å². The number of nitrogens with one attached hydrogen (secondary N) is 1. The standard InChI is InChI=1S/C22H18BrN3O3S2/c1-2-26(16-7-4-3-5-8-16)31(28,29)17-13-11-15(12-14-17)21(27)25-22-24-20-18(23)9-6-10-19(20)30-22/h3-14H,2H2,1H3,(H,24,25,27). The van der Waals surface area contributed by atoms with E-state index >= 15 is 0 Å². The number of hydrogen-bond acceptors (Lipinski definition) is 5. The van der Waals surface area contributed by atoms with E-state index in [-0.39, 0.29) is 10.8 Å². The van der Waals surface area contributed by atoms with Crippen molar-refractivity contribution in [3.05, 3.63) is 82.8 Å². The number of nitrogens with zero attached hydrogens (tertiary/aromatic N) is 2. The number of rotatable bonds is 6. The van der Waals surface area contributed by atoms with E-state index in [1.54, 1.807) is 31.2 Å². The van der Waals surface area contributed by atoms with Crippen molar-refractivity contribution in [1.82, 2.24) is 4.98 Å². The van der Waals surface area contributed by atoms with Crippen LogP contribution in [0.25, 0.3) is 10.2 Å². The van der Waals surface area contributed by atoms with Gasteiger partial charge >= 0.3 is 0 Å². The van der Waals surface area contributed by atoms with Crippen LogP contribution in [0.2, 0.25) is 0 Å². The smallest absolute Gasteiger partial charge is 0.264 e. The van der Waals surface area contributed by atoms with E-state index < -0.39 is 10.0 Å². The van der Waals surface area contributed by atoms with Crippen molar-refractivity contribution < 1.29 is 13.2 Å². The monoisotopic (exact) mass is 515 g/mol. The molecule has 0 atom stereocenters. The van der Waals surface area contributed by atoms with E-state index in [1.165, 1.54) is 39.9 Å². The molecule has 1 amide bonds. The Morgan fingerprint density at radius 1 is 1.03 bits per heavy atom. The third-order valence-corrected chi connectivity index (χ3v) is 8.12. The predicted molar refractivity (Wildman–Crippen MR) is 128 cm³/mol. The van der Waals surface area contributed by atoms with Gasteiger partial charge in [-0.3, -0.25) is 14.4 Å². The lowest BCUT2D eigenvalue weighted by Gasteiger charge is -2.22. The van der Waals surface area contributed by atoms with E-state index in [0.717, 1.165) is 14.7 Å². The normalized spacial score (nSPS) is 11.4. The average Bonchev–Trinajstić information content (AvgIpc) is 3.19. The average molecular weight is 516 g/mol. The second-order valence-corrected chi connectivity index (χ2v) is 10.3. The molecule has 1 N–H and O–H groups in total. The molecule has 31 heavy (non-hydrogen) atoms. The summed E-state index contributed by atoms with van der Waals surface area (Å²) in [7, 11) is -3.74. The van der Waals surface area contributed by atoms with Crippen molar-refractivity contribution >= 4 is 64.2 Å². The van der Waals surface area contributed by atoms with E-state index in [0.29, 0.717) is 22.9 Å². The van der Waals surface area contributed by atoms with Gasteiger partial charge in [0.1, 0.15) is 0 Å². The van der Waals surface area contributed by atoms with Gasteiger partial charge in [0.25, 0.3) is 15.9 Å². The topological polar surface area (TPSA) is 79.4 Å². The number of carbonyl (C=O) groups is 1. The van der Waals surface area contributed by atoms with Gasteiger partial charge < -0.3 is 0 Å². The highest BCUT2D eigenvalue weighted by molar-refractivity contribution is 9.10. The molecule has 0 aliphatic heterocycles. The van der Waals surface area contributed by atoms with Crippen molar-refractivity contribution in [2.45, 2.75) is 11.8 Å². The molecule has 0 saturated heterocycles. The number of para-hydroxylation sites is 2. The van der Waals surface area contributed by atoms with Crippen LogP contribution < -0.4 is 9.62 Å². The Labute approximate surface area is 192 Å². The highest BCUT2D eigenvalue weighted by Gasteiger charge is 2.23. The van der Waals surface area contributed by atoms with Gasteiger partial charge in [-0.15, -0.1) is 0 Å². The molecule has 0 saturated carbocycles. The highest BCUT2D eigenvalue weighted by atomic mass is 79.9. The van der Waals surface area contributed by atoms with Crippen molar-refractivity contribution in [3.63, 3.8) is 0 Å². The summed E-state index contributed by atoms with van der Waals surface area (Å²) < 4.78 is 29.3. The minimum Gasteiger partial charge on any atom is -0.298 e. The van der Waals surface area contributed by atoms with E-state index in [9.17, 15) is 13.2 Å². The molecule has 0 fully saturated rings. The summed E-state index contributed by atoms with van der Waals surface area (Å²) in [5.74, 6) is -0.352. The van der Waals surface area contributed by atoms with Gasteiger partial charge in [0.05, 0.1) is 20.8 Å². The molecule has 6 nitrogen and oxygen atoms in total. The highest BCUT2D eigenvalue weighted by Crippen LogP contribution is 2.31. The lowest BCUT2D eigenvalue weighted by molar-refractivity contribution is 0.102.